The Labute approximate surface area is 86.4 Å². The SMILES string of the molecule is Oc1cccc(OCC(Cl)=CCl)c1. The maximum Gasteiger partial charge on any atom is 0.125 e. The van der Waals surface area contributed by atoms with Crippen molar-refractivity contribution in [1.82, 2.24) is 0 Å². The van der Waals surface area contributed by atoms with Crippen LogP contribution in [0, 0.1) is 0 Å². The Morgan fingerprint density at radius 2 is 2.31 bits per heavy atom. The van der Waals surface area contributed by atoms with Crippen LogP contribution >= 0.6 is 23.2 Å². The van der Waals surface area contributed by atoms with Crippen molar-refractivity contribution >= 4 is 23.2 Å². The fourth-order valence-electron chi connectivity index (χ4n) is 0.757. The molecule has 1 rings (SSSR count). The summed E-state index contributed by atoms with van der Waals surface area (Å²) in [5.41, 5.74) is 1.24. The Bertz CT molecular complexity index is 310. The summed E-state index contributed by atoms with van der Waals surface area (Å²) in [5, 5.41) is 9.49. The molecule has 1 aromatic carbocycles. The molecule has 2 nitrogen and oxygen atoms in total. The van der Waals surface area contributed by atoms with Gasteiger partial charge in [-0.3, -0.25) is 0 Å². The highest BCUT2D eigenvalue weighted by atomic mass is 35.5. The number of phenols is 1. The number of halogens is 2. The first kappa shape index (κ1) is 10.2. The molecular formula is C9H8Cl2O2. The molecule has 0 heterocycles. The summed E-state index contributed by atoms with van der Waals surface area (Å²) in [4.78, 5) is 0. The molecule has 0 aliphatic rings. The van der Waals surface area contributed by atoms with Gasteiger partial charge in [-0.25, -0.2) is 0 Å². The molecule has 0 fully saturated rings. The van der Waals surface area contributed by atoms with E-state index in [2.05, 4.69) is 0 Å². The first-order valence-electron chi connectivity index (χ1n) is 3.59. The summed E-state index contributed by atoms with van der Waals surface area (Å²) in [5.74, 6) is 0.708. The zero-order chi connectivity index (χ0) is 9.68. The lowest BCUT2D eigenvalue weighted by Gasteiger charge is -2.04. The van der Waals surface area contributed by atoms with E-state index in [1.807, 2.05) is 0 Å². The highest BCUT2D eigenvalue weighted by molar-refractivity contribution is 6.36. The van der Waals surface area contributed by atoms with Crippen molar-refractivity contribution < 1.29 is 9.84 Å². The standard InChI is InChI=1S/C9H8Cl2O2/c10-5-7(11)6-13-9-3-1-2-8(12)4-9/h1-5,12H,6H2. The van der Waals surface area contributed by atoms with Crippen LogP contribution in [0.15, 0.2) is 34.8 Å². The maximum absolute atomic E-state index is 9.08. The molecule has 4 heteroatoms. The van der Waals surface area contributed by atoms with Crippen LogP contribution in [0.2, 0.25) is 0 Å². The molecule has 0 aliphatic heterocycles. The van der Waals surface area contributed by atoms with E-state index < -0.39 is 0 Å². The van der Waals surface area contributed by atoms with Gasteiger partial charge in [0.15, 0.2) is 0 Å². The van der Waals surface area contributed by atoms with E-state index >= 15 is 0 Å². The van der Waals surface area contributed by atoms with Gasteiger partial charge in [0.2, 0.25) is 0 Å². The molecule has 0 spiro atoms. The van der Waals surface area contributed by atoms with Gasteiger partial charge in [-0.05, 0) is 12.1 Å². The zero-order valence-corrected chi connectivity index (χ0v) is 8.22. The molecule has 0 aromatic heterocycles. The van der Waals surface area contributed by atoms with Crippen molar-refractivity contribution in [3.63, 3.8) is 0 Å². The molecule has 0 atom stereocenters. The second-order valence-corrected chi connectivity index (χ2v) is 3.05. The largest absolute Gasteiger partial charge is 0.508 e. The van der Waals surface area contributed by atoms with Crippen molar-refractivity contribution in [2.45, 2.75) is 0 Å². The topological polar surface area (TPSA) is 29.5 Å². The van der Waals surface area contributed by atoms with Gasteiger partial charge in [-0.1, -0.05) is 29.3 Å². The van der Waals surface area contributed by atoms with E-state index in [4.69, 9.17) is 33.0 Å². The van der Waals surface area contributed by atoms with E-state index in [0.29, 0.717) is 10.8 Å². The van der Waals surface area contributed by atoms with E-state index in [0.717, 1.165) is 0 Å². The van der Waals surface area contributed by atoms with Crippen LogP contribution in [0.3, 0.4) is 0 Å². The smallest absolute Gasteiger partial charge is 0.125 e. The molecule has 0 bridgehead atoms. The number of benzene rings is 1. The number of aromatic hydroxyl groups is 1. The molecule has 1 N–H and O–H groups in total. The number of hydrogen-bond acceptors (Lipinski definition) is 2. The average molecular weight is 219 g/mol. The van der Waals surface area contributed by atoms with Crippen LogP contribution in [-0.2, 0) is 0 Å². The Morgan fingerprint density at radius 3 is 2.92 bits per heavy atom. The Balaban J connectivity index is 2.55. The van der Waals surface area contributed by atoms with E-state index in [9.17, 15) is 0 Å². The number of ether oxygens (including phenoxy) is 1. The molecular weight excluding hydrogens is 211 g/mol. The summed E-state index contributed by atoms with van der Waals surface area (Å²) < 4.78 is 5.19. The summed E-state index contributed by atoms with van der Waals surface area (Å²) in [6, 6.07) is 6.46. The molecule has 0 amide bonds. The van der Waals surface area contributed by atoms with Gasteiger partial charge in [0.05, 0.1) is 5.03 Å². The van der Waals surface area contributed by atoms with Crippen LogP contribution in [-0.4, -0.2) is 11.7 Å². The lowest BCUT2D eigenvalue weighted by Crippen LogP contribution is -1.96. The van der Waals surface area contributed by atoms with Crippen molar-refractivity contribution in [3.05, 3.63) is 34.8 Å². The highest BCUT2D eigenvalue weighted by Crippen LogP contribution is 2.18. The van der Waals surface area contributed by atoms with Crippen LogP contribution in [0.5, 0.6) is 11.5 Å². The van der Waals surface area contributed by atoms with Crippen molar-refractivity contribution in [1.29, 1.82) is 0 Å². The Hall–Kier alpha value is -0.860. The van der Waals surface area contributed by atoms with E-state index in [-0.39, 0.29) is 12.4 Å². The van der Waals surface area contributed by atoms with Gasteiger partial charge in [-0.15, -0.1) is 0 Å². The quantitative estimate of drug-likeness (QED) is 0.846. The Morgan fingerprint density at radius 1 is 1.54 bits per heavy atom. The first-order chi connectivity index (χ1) is 6.22. The second kappa shape index (κ2) is 5.00. The summed E-state index contributed by atoms with van der Waals surface area (Å²) in [6.07, 6.45) is 0. The van der Waals surface area contributed by atoms with Gasteiger partial charge < -0.3 is 9.84 Å². The first-order valence-corrected chi connectivity index (χ1v) is 4.40. The molecule has 0 saturated carbocycles. The monoisotopic (exact) mass is 218 g/mol. The minimum atomic E-state index is 0.156. The van der Waals surface area contributed by atoms with E-state index in [1.54, 1.807) is 18.2 Å². The van der Waals surface area contributed by atoms with Crippen LogP contribution in [0.4, 0.5) is 0 Å². The predicted molar refractivity (Wildman–Crippen MR) is 53.4 cm³/mol. The lowest BCUT2D eigenvalue weighted by molar-refractivity contribution is 0.356. The van der Waals surface area contributed by atoms with E-state index in [1.165, 1.54) is 11.6 Å². The highest BCUT2D eigenvalue weighted by Gasteiger charge is 1.96. The fraction of sp³-hybridized carbons (Fsp3) is 0.111. The second-order valence-electron chi connectivity index (χ2n) is 2.34. The van der Waals surface area contributed by atoms with Gasteiger partial charge >= 0.3 is 0 Å². The van der Waals surface area contributed by atoms with Gasteiger partial charge in [-0.2, -0.15) is 0 Å². The normalized spacial score (nSPS) is 11.4. The molecule has 70 valence electrons. The van der Waals surface area contributed by atoms with Crippen molar-refractivity contribution in [2.75, 3.05) is 6.61 Å². The third kappa shape index (κ3) is 3.57. The Kier molecular flexibility index (Phi) is 3.93. The fourth-order valence-corrected chi connectivity index (χ4v) is 0.875. The van der Waals surface area contributed by atoms with Crippen LogP contribution in [0.1, 0.15) is 0 Å². The summed E-state index contributed by atoms with van der Waals surface area (Å²) in [6.45, 7) is 0.203. The zero-order valence-electron chi connectivity index (χ0n) is 6.71. The van der Waals surface area contributed by atoms with Gasteiger partial charge in [0.1, 0.15) is 18.1 Å². The third-order valence-electron chi connectivity index (χ3n) is 1.31. The third-order valence-corrected chi connectivity index (χ3v) is 1.91. The minimum Gasteiger partial charge on any atom is -0.508 e. The molecule has 0 radical (unpaired) electrons. The van der Waals surface area contributed by atoms with Crippen molar-refractivity contribution in [3.8, 4) is 11.5 Å². The summed E-state index contributed by atoms with van der Waals surface area (Å²) in [7, 11) is 0. The minimum absolute atomic E-state index is 0.156. The molecule has 0 unspecified atom stereocenters. The van der Waals surface area contributed by atoms with Crippen LogP contribution in [0.25, 0.3) is 0 Å². The molecule has 1 aromatic rings. The number of hydrogen-bond donors (Lipinski definition) is 1. The average Bonchev–Trinajstić information content (AvgIpc) is 2.14. The lowest BCUT2D eigenvalue weighted by atomic mass is 10.3. The maximum atomic E-state index is 9.08. The number of rotatable bonds is 3. The van der Waals surface area contributed by atoms with Crippen LogP contribution < -0.4 is 4.74 Å². The van der Waals surface area contributed by atoms with Crippen molar-refractivity contribution in [2.24, 2.45) is 0 Å². The summed E-state index contributed by atoms with van der Waals surface area (Å²) >= 11 is 10.9. The predicted octanol–water partition coefficient (Wildman–Crippen LogP) is 3.09. The molecule has 13 heavy (non-hydrogen) atoms. The molecule has 0 saturated heterocycles. The van der Waals surface area contributed by atoms with Gasteiger partial charge in [0.25, 0.3) is 0 Å². The molecule has 0 aliphatic carbocycles. The van der Waals surface area contributed by atoms with Gasteiger partial charge in [0, 0.05) is 11.6 Å². The number of phenolic OH excluding ortho intramolecular Hbond substituents is 1.